The Hall–Kier alpha value is -1.29. The van der Waals surface area contributed by atoms with Crippen molar-refractivity contribution in [3.63, 3.8) is 0 Å². The predicted octanol–water partition coefficient (Wildman–Crippen LogP) is 2.89. The van der Waals surface area contributed by atoms with E-state index in [0.29, 0.717) is 0 Å². The van der Waals surface area contributed by atoms with E-state index in [2.05, 4.69) is 24.5 Å². The van der Waals surface area contributed by atoms with Gasteiger partial charge in [-0.1, -0.05) is 13.3 Å². The Morgan fingerprint density at radius 2 is 2.43 bits per heavy atom. The third-order valence-corrected chi connectivity index (χ3v) is 4.46. The van der Waals surface area contributed by atoms with Gasteiger partial charge in [-0.25, -0.2) is 0 Å². The second-order valence-electron chi connectivity index (χ2n) is 6.30. The van der Waals surface area contributed by atoms with E-state index in [1.54, 1.807) is 6.26 Å². The standard InChI is InChI=1S/C17H28N2O2/c1-3-9-17(10-5-11-18-13-17)16(20)19-14(2)7-8-15-6-4-12-21-15/h4,6,12,14,18H,3,5,7-11,13H2,1-2H3,(H,19,20). The summed E-state index contributed by atoms with van der Waals surface area (Å²) in [5, 5.41) is 6.61. The molecule has 2 unspecified atom stereocenters. The minimum Gasteiger partial charge on any atom is -0.469 e. The highest BCUT2D eigenvalue weighted by atomic mass is 16.3. The molecule has 1 aromatic heterocycles. The highest BCUT2D eigenvalue weighted by Crippen LogP contribution is 2.32. The van der Waals surface area contributed by atoms with Crippen molar-refractivity contribution in [3.8, 4) is 0 Å². The lowest BCUT2D eigenvalue weighted by atomic mass is 9.76. The number of piperidine rings is 1. The molecule has 0 aliphatic carbocycles. The van der Waals surface area contributed by atoms with Crippen LogP contribution in [0, 0.1) is 5.41 Å². The normalized spacial score (nSPS) is 23.7. The van der Waals surface area contributed by atoms with E-state index in [1.165, 1.54) is 0 Å². The zero-order valence-electron chi connectivity index (χ0n) is 13.3. The third kappa shape index (κ3) is 4.34. The van der Waals surface area contributed by atoms with Crippen molar-refractivity contribution < 1.29 is 9.21 Å². The number of furan rings is 1. The number of hydrogen-bond acceptors (Lipinski definition) is 3. The largest absolute Gasteiger partial charge is 0.469 e. The number of aryl methyl sites for hydroxylation is 1. The molecule has 1 aliphatic heterocycles. The second kappa shape index (κ2) is 7.64. The van der Waals surface area contributed by atoms with Gasteiger partial charge in [-0.3, -0.25) is 4.79 Å². The Bertz CT molecular complexity index is 416. The van der Waals surface area contributed by atoms with Gasteiger partial charge >= 0.3 is 0 Å². The first-order chi connectivity index (χ1) is 10.2. The molecule has 0 bridgehead atoms. The second-order valence-corrected chi connectivity index (χ2v) is 6.30. The van der Waals surface area contributed by atoms with Gasteiger partial charge in [0.1, 0.15) is 5.76 Å². The van der Waals surface area contributed by atoms with E-state index in [1.807, 2.05) is 12.1 Å². The number of carbonyl (C=O) groups excluding carboxylic acids is 1. The molecule has 0 saturated carbocycles. The maximum Gasteiger partial charge on any atom is 0.227 e. The van der Waals surface area contributed by atoms with Gasteiger partial charge in [-0.05, 0) is 51.3 Å². The van der Waals surface area contributed by atoms with Gasteiger partial charge < -0.3 is 15.1 Å². The van der Waals surface area contributed by atoms with Crippen molar-refractivity contribution >= 4 is 5.91 Å². The first-order valence-electron chi connectivity index (χ1n) is 8.20. The highest BCUT2D eigenvalue weighted by molar-refractivity contribution is 5.83. The predicted molar refractivity (Wildman–Crippen MR) is 84.1 cm³/mol. The zero-order chi connectivity index (χ0) is 15.1. The van der Waals surface area contributed by atoms with Crippen molar-refractivity contribution in [2.24, 2.45) is 5.41 Å². The summed E-state index contributed by atoms with van der Waals surface area (Å²) in [6.07, 6.45) is 7.59. The third-order valence-electron chi connectivity index (χ3n) is 4.46. The number of rotatable bonds is 7. The van der Waals surface area contributed by atoms with E-state index in [4.69, 9.17) is 4.42 Å². The molecule has 1 aliphatic rings. The van der Waals surface area contributed by atoms with Crippen LogP contribution in [0.15, 0.2) is 22.8 Å². The van der Waals surface area contributed by atoms with Crippen molar-refractivity contribution in [3.05, 3.63) is 24.2 Å². The average Bonchev–Trinajstić information content (AvgIpc) is 3.00. The van der Waals surface area contributed by atoms with Gasteiger partial charge in [0.05, 0.1) is 11.7 Å². The summed E-state index contributed by atoms with van der Waals surface area (Å²) >= 11 is 0. The molecule has 1 fully saturated rings. The van der Waals surface area contributed by atoms with Crippen molar-refractivity contribution in [2.75, 3.05) is 13.1 Å². The molecule has 1 amide bonds. The summed E-state index contributed by atoms with van der Waals surface area (Å²) in [6.45, 7) is 6.09. The Morgan fingerprint density at radius 3 is 3.05 bits per heavy atom. The molecule has 1 saturated heterocycles. The Kier molecular flexibility index (Phi) is 5.85. The van der Waals surface area contributed by atoms with E-state index in [0.717, 1.165) is 57.4 Å². The first-order valence-corrected chi connectivity index (χ1v) is 8.20. The van der Waals surface area contributed by atoms with Crippen molar-refractivity contribution in [1.82, 2.24) is 10.6 Å². The van der Waals surface area contributed by atoms with Crippen LogP contribution in [0.3, 0.4) is 0 Å². The van der Waals surface area contributed by atoms with Gasteiger partial charge in [0.25, 0.3) is 0 Å². The first kappa shape index (κ1) is 16.1. The average molecular weight is 292 g/mol. The molecule has 2 N–H and O–H groups in total. The number of nitrogens with one attached hydrogen (secondary N) is 2. The monoisotopic (exact) mass is 292 g/mol. The smallest absolute Gasteiger partial charge is 0.227 e. The van der Waals surface area contributed by atoms with Crippen molar-refractivity contribution in [2.45, 2.75) is 58.4 Å². The van der Waals surface area contributed by atoms with Crippen LogP contribution in [0.5, 0.6) is 0 Å². The number of carbonyl (C=O) groups is 1. The SMILES string of the molecule is CCCC1(C(=O)NC(C)CCc2ccco2)CCCNC1. The van der Waals surface area contributed by atoms with Crippen molar-refractivity contribution in [1.29, 1.82) is 0 Å². The van der Waals surface area contributed by atoms with Gasteiger partial charge in [-0.2, -0.15) is 0 Å². The quantitative estimate of drug-likeness (QED) is 0.812. The van der Waals surface area contributed by atoms with E-state index < -0.39 is 0 Å². The van der Waals surface area contributed by atoms with Gasteiger partial charge in [0.15, 0.2) is 0 Å². The zero-order valence-corrected chi connectivity index (χ0v) is 13.3. The minimum atomic E-state index is -0.202. The molecule has 2 rings (SSSR count). The van der Waals surface area contributed by atoms with Crippen LogP contribution in [-0.2, 0) is 11.2 Å². The van der Waals surface area contributed by atoms with Crippen LogP contribution in [0.25, 0.3) is 0 Å². The highest BCUT2D eigenvalue weighted by Gasteiger charge is 2.38. The van der Waals surface area contributed by atoms with Gasteiger partial charge in [0, 0.05) is 19.0 Å². The molecule has 1 aromatic rings. The Labute approximate surface area is 127 Å². The van der Waals surface area contributed by atoms with Crippen LogP contribution >= 0.6 is 0 Å². The molecule has 4 heteroatoms. The van der Waals surface area contributed by atoms with Crippen LogP contribution in [0.4, 0.5) is 0 Å². The lowest BCUT2D eigenvalue weighted by molar-refractivity contribution is -0.133. The molecule has 2 heterocycles. The van der Waals surface area contributed by atoms with E-state index in [-0.39, 0.29) is 17.4 Å². The Balaban J connectivity index is 1.85. The molecule has 2 atom stereocenters. The van der Waals surface area contributed by atoms with Crippen LogP contribution < -0.4 is 10.6 Å². The molecular weight excluding hydrogens is 264 g/mol. The lowest BCUT2D eigenvalue weighted by Crippen LogP contribution is -2.52. The molecule has 21 heavy (non-hydrogen) atoms. The minimum absolute atomic E-state index is 0.179. The molecule has 118 valence electrons. The molecular formula is C17H28N2O2. The van der Waals surface area contributed by atoms with Crippen LogP contribution in [0.2, 0.25) is 0 Å². The van der Waals surface area contributed by atoms with E-state index >= 15 is 0 Å². The molecule has 4 nitrogen and oxygen atoms in total. The topological polar surface area (TPSA) is 54.3 Å². The lowest BCUT2D eigenvalue weighted by Gasteiger charge is -2.37. The molecule has 0 radical (unpaired) electrons. The Morgan fingerprint density at radius 1 is 1.57 bits per heavy atom. The number of amides is 1. The maximum absolute atomic E-state index is 12.7. The van der Waals surface area contributed by atoms with Gasteiger partial charge in [-0.15, -0.1) is 0 Å². The summed E-state index contributed by atoms with van der Waals surface area (Å²) in [5.41, 5.74) is -0.202. The fraction of sp³-hybridized carbons (Fsp3) is 0.706. The fourth-order valence-corrected chi connectivity index (χ4v) is 3.23. The summed E-state index contributed by atoms with van der Waals surface area (Å²) in [5.74, 6) is 1.21. The summed E-state index contributed by atoms with van der Waals surface area (Å²) < 4.78 is 5.34. The maximum atomic E-state index is 12.7. The van der Waals surface area contributed by atoms with Gasteiger partial charge in [0.2, 0.25) is 5.91 Å². The van der Waals surface area contributed by atoms with Crippen LogP contribution in [0.1, 0.15) is 51.7 Å². The van der Waals surface area contributed by atoms with Crippen LogP contribution in [-0.4, -0.2) is 25.0 Å². The summed E-state index contributed by atoms with van der Waals surface area (Å²) in [4.78, 5) is 12.7. The fourth-order valence-electron chi connectivity index (χ4n) is 3.23. The molecule has 0 spiro atoms. The molecule has 0 aromatic carbocycles. The summed E-state index contributed by atoms with van der Waals surface area (Å²) in [6, 6.07) is 4.07. The van der Waals surface area contributed by atoms with E-state index in [9.17, 15) is 4.79 Å². The summed E-state index contributed by atoms with van der Waals surface area (Å²) in [7, 11) is 0. The number of hydrogen-bond donors (Lipinski definition) is 2.